The number of nitrogens with one attached hydrogen (secondary N) is 1. The minimum absolute atomic E-state index is 0.459. The van der Waals surface area contributed by atoms with Crippen LogP contribution in [0.4, 0.5) is 0 Å². The Labute approximate surface area is 118 Å². The van der Waals surface area contributed by atoms with Gasteiger partial charge in [0.1, 0.15) is 0 Å². The number of carbonyl (C=O) groups is 1. The van der Waals surface area contributed by atoms with E-state index in [9.17, 15) is 4.79 Å². The van der Waals surface area contributed by atoms with E-state index in [1.54, 1.807) is 20.0 Å². The molecule has 0 aliphatic carbocycles. The highest BCUT2D eigenvalue weighted by molar-refractivity contribution is 5.81. The third-order valence-electron chi connectivity index (χ3n) is 3.43. The average molecular weight is 272 g/mol. The summed E-state index contributed by atoms with van der Waals surface area (Å²) < 4.78 is 0. The van der Waals surface area contributed by atoms with Gasteiger partial charge >= 0.3 is 5.97 Å². The molecule has 0 saturated carbocycles. The molecule has 0 spiro atoms. The Morgan fingerprint density at radius 3 is 2.80 bits per heavy atom. The Balaban J connectivity index is 1.95. The van der Waals surface area contributed by atoms with Crippen molar-refractivity contribution in [2.24, 2.45) is 5.41 Å². The van der Waals surface area contributed by atoms with Gasteiger partial charge in [-0.2, -0.15) is 0 Å². The first-order chi connectivity index (χ1) is 9.50. The molecule has 2 rings (SSSR count). The quantitative estimate of drug-likeness (QED) is 0.793. The summed E-state index contributed by atoms with van der Waals surface area (Å²) in [5.74, 6) is -0.781. The van der Waals surface area contributed by atoms with Crippen molar-refractivity contribution >= 4 is 16.9 Å². The Kier molecular flexibility index (Phi) is 4.35. The summed E-state index contributed by atoms with van der Waals surface area (Å²) in [7, 11) is 0. The van der Waals surface area contributed by atoms with E-state index in [2.05, 4.69) is 16.4 Å². The zero-order valence-electron chi connectivity index (χ0n) is 11.9. The lowest BCUT2D eigenvalue weighted by Gasteiger charge is -2.19. The minimum Gasteiger partial charge on any atom is -0.481 e. The van der Waals surface area contributed by atoms with E-state index < -0.39 is 11.4 Å². The van der Waals surface area contributed by atoms with Crippen LogP contribution in [-0.2, 0) is 11.2 Å². The van der Waals surface area contributed by atoms with Gasteiger partial charge in [0.2, 0.25) is 0 Å². The number of benzene rings is 1. The zero-order valence-corrected chi connectivity index (χ0v) is 11.9. The topological polar surface area (TPSA) is 62.2 Å². The number of fused-ring (bicyclic) bond motifs is 1. The third kappa shape index (κ3) is 3.33. The highest BCUT2D eigenvalue weighted by Crippen LogP contribution is 2.16. The maximum Gasteiger partial charge on any atom is 0.310 e. The van der Waals surface area contributed by atoms with Crippen LogP contribution in [0.3, 0.4) is 0 Å². The maximum absolute atomic E-state index is 11.0. The Bertz CT molecular complexity index is 603. The lowest BCUT2D eigenvalue weighted by molar-refractivity contribution is -0.146. The van der Waals surface area contributed by atoms with Crippen molar-refractivity contribution in [1.82, 2.24) is 10.3 Å². The molecule has 20 heavy (non-hydrogen) atoms. The molecular formula is C16H20N2O2. The molecule has 1 aromatic heterocycles. The summed E-state index contributed by atoms with van der Waals surface area (Å²) >= 11 is 0. The van der Waals surface area contributed by atoms with Crippen molar-refractivity contribution in [1.29, 1.82) is 0 Å². The Hall–Kier alpha value is -1.94. The van der Waals surface area contributed by atoms with E-state index in [1.165, 1.54) is 5.56 Å². The van der Waals surface area contributed by atoms with E-state index in [-0.39, 0.29) is 0 Å². The number of hydrogen-bond acceptors (Lipinski definition) is 3. The number of rotatable bonds is 6. The zero-order chi connectivity index (χ0) is 14.6. The number of carboxylic acid groups (broad SMARTS) is 1. The monoisotopic (exact) mass is 272 g/mol. The summed E-state index contributed by atoms with van der Waals surface area (Å²) in [5.41, 5.74) is 1.47. The fraction of sp³-hybridized carbons (Fsp3) is 0.375. The van der Waals surface area contributed by atoms with Gasteiger partial charge in [-0.3, -0.25) is 9.78 Å². The molecule has 106 valence electrons. The van der Waals surface area contributed by atoms with Gasteiger partial charge in [0.05, 0.1) is 10.9 Å². The maximum atomic E-state index is 11.0. The SMILES string of the molecule is CC(C)(CNCCc1cccc2cccnc12)C(=O)O. The first-order valence-corrected chi connectivity index (χ1v) is 6.77. The number of hydrogen-bond donors (Lipinski definition) is 2. The van der Waals surface area contributed by atoms with Crippen molar-refractivity contribution in [2.45, 2.75) is 20.3 Å². The molecule has 0 aliphatic rings. The number of pyridine rings is 1. The first kappa shape index (κ1) is 14.5. The molecule has 0 atom stereocenters. The van der Waals surface area contributed by atoms with Crippen LogP contribution in [0.2, 0.25) is 0 Å². The summed E-state index contributed by atoms with van der Waals surface area (Å²) in [5, 5.41) is 13.4. The van der Waals surface area contributed by atoms with Crippen LogP contribution < -0.4 is 5.32 Å². The van der Waals surface area contributed by atoms with Gasteiger partial charge in [0, 0.05) is 18.1 Å². The van der Waals surface area contributed by atoms with E-state index in [0.717, 1.165) is 23.9 Å². The summed E-state index contributed by atoms with van der Waals surface area (Å²) in [6.07, 6.45) is 2.64. The van der Waals surface area contributed by atoms with Gasteiger partial charge in [-0.1, -0.05) is 24.3 Å². The van der Waals surface area contributed by atoms with Gasteiger partial charge in [-0.15, -0.1) is 0 Å². The third-order valence-corrected chi connectivity index (χ3v) is 3.43. The molecule has 0 fully saturated rings. The molecule has 0 radical (unpaired) electrons. The summed E-state index contributed by atoms with van der Waals surface area (Å²) in [6.45, 7) is 4.65. The molecule has 0 amide bonds. The summed E-state index contributed by atoms with van der Waals surface area (Å²) in [4.78, 5) is 15.4. The largest absolute Gasteiger partial charge is 0.481 e. The van der Waals surface area contributed by atoms with Gasteiger partial charge in [0.25, 0.3) is 0 Å². The van der Waals surface area contributed by atoms with Crippen LogP contribution >= 0.6 is 0 Å². The minimum atomic E-state index is -0.781. The molecule has 4 heteroatoms. The van der Waals surface area contributed by atoms with E-state index in [0.29, 0.717) is 6.54 Å². The van der Waals surface area contributed by atoms with Crippen LogP contribution in [-0.4, -0.2) is 29.1 Å². The van der Waals surface area contributed by atoms with Crippen molar-refractivity contribution in [3.63, 3.8) is 0 Å². The predicted octanol–water partition coefficient (Wildman–Crippen LogP) is 2.48. The normalized spacial score (nSPS) is 11.7. The molecule has 0 saturated heterocycles. The molecule has 0 unspecified atom stereocenters. The second kappa shape index (κ2) is 6.01. The lowest BCUT2D eigenvalue weighted by Crippen LogP contribution is -2.36. The summed E-state index contributed by atoms with van der Waals surface area (Å²) in [6, 6.07) is 10.1. The Morgan fingerprint density at radius 1 is 1.30 bits per heavy atom. The highest BCUT2D eigenvalue weighted by Gasteiger charge is 2.26. The molecule has 1 heterocycles. The van der Waals surface area contributed by atoms with E-state index in [1.807, 2.05) is 24.3 Å². The average Bonchev–Trinajstić information content (AvgIpc) is 2.43. The highest BCUT2D eigenvalue weighted by atomic mass is 16.4. The molecule has 4 nitrogen and oxygen atoms in total. The molecule has 2 N–H and O–H groups in total. The second-order valence-electron chi connectivity index (χ2n) is 5.61. The molecular weight excluding hydrogens is 252 g/mol. The van der Waals surface area contributed by atoms with Crippen molar-refractivity contribution in [3.05, 3.63) is 42.1 Å². The second-order valence-corrected chi connectivity index (χ2v) is 5.61. The molecule has 1 aromatic carbocycles. The van der Waals surface area contributed by atoms with E-state index >= 15 is 0 Å². The molecule has 0 aliphatic heterocycles. The molecule has 2 aromatic rings. The van der Waals surface area contributed by atoms with Crippen LogP contribution in [0.5, 0.6) is 0 Å². The Morgan fingerprint density at radius 2 is 2.05 bits per heavy atom. The standard InChI is InChI=1S/C16H20N2O2/c1-16(2,15(19)20)11-17-10-8-13-6-3-5-12-7-4-9-18-14(12)13/h3-7,9,17H,8,10-11H2,1-2H3,(H,19,20). The van der Waals surface area contributed by atoms with Gasteiger partial charge in [0.15, 0.2) is 0 Å². The smallest absolute Gasteiger partial charge is 0.310 e. The number of aliphatic carboxylic acids is 1. The van der Waals surface area contributed by atoms with E-state index in [4.69, 9.17) is 5.11 Å². The molecule has 0 bridgehead atoms. The van der Waals surface area contributed by atoms with Gasteiger partial charge in [-0.05, 0) is 38.4 Å². The first-order valence-electron chi connectivity index (χ1n) is 6.77. The number of aromatic nitrogens is 1. The number of carboxylic acids is 1. The van der Waals surface area contributed by atoms with Crippen molar-refractivity contribution in [3.8, 4) is 0 Å². The van der Waals surface area contributed by atoms with Gasteiger partial charge < -0.3 is 10.4 Å². The van der Waals surface area contributed by atoms with Crippen LogP contribution in [0.15, 0.2) is 36.5 Å². The van der Waals surface area contributed by atoms with Crippen LogP contribution in [0.25, 0.3) is 10.9 Å². The van der Waals surface area contributed by atoms with Crippen molar-refractivity contribution < 1.29 is 9.90 Å². The van der Waals surface area contributed by atoms with Crippen LogP contribution in [0.1, 0.15) is 19.4 Å². The van der Waals surface area contributed by atoms with Crippen LogP contribution in [0, 0.1) is 5.41 Å². The fourth-order valence-corrected chi connectivity index (χ4v) is 2.07. The lowest BCUT2D eigenvalue weighted by atomic mass is 9.94. The number of para-hydroxylation sites is 1. The van der Waals surface area contributed by atoms with Gasteiger partial charge in [-0.25, -0.2) is 0 Å². The predicted molar refractivity (Wildman–Crippen MR) is 79.7 cm³/mol. The number of nitrogens with zero attached hydrogens (tertiary/aromatic N) is 1. The fourth-order valence-electron chi connectivity index (χ4n) is 2.07. The van der Waals surface area contributed by atoms with Crippen molar-refractivity contribution in [2.75, 3.05) is 13.1 Å².